The van der Waals surface area contributed by atoms with Crippen molar-refractivity contribution < 1.29 is 14.3 Å². The van der Waals surface area contributed by atoms with Gasteiger partial charge in [0.15, 0.2) is 6.10 Å². The molecule has 0 saturated carbocycles. The summed E-state index contributed by atoms with van der Waals surface area (Å²) in [6, 6.07) is -0.361. The van der Waals surface area contributed by atoms with Crippen molar-refractivity contribution in [3.63, 3.8) is 0 Å². The van der Waals surface area contributed by atoms with Gasteiger partial charge >= 0.3 is 5.97 Å². The van der Waals surface area contributed by atoms with E-state index >= 15 is 0 Å². The molecular formula is C9H19NO3. The molecule has 0 amide bonds. The second-order valence-electron chi connectivity index (χ2n) is 4.05. The lowest BCUT2D eigenvalue weighted by Gasteiger charge is -2.24. The Morgan fingerprint density at radius 2 is 1.85 bits per heavy atom. The molecule has 0 fully saturated rings. The normalized spacial score (nSPS) is 16.5. The van der Waals surface area contributed by atoms with Crippen molar-refractivity contribution in [1.29, 1.82) is 0 Å². The van der Waals surface area contributed by atoms with Crippen molar-refractivity contribution in [2.75, 3.05) is 7.11 Å². The summed E-state index contributed by atoms with van der Waals surface area (Å²) in [5.41, 5.74) is 5.04. The Balaban J connectivity index is 4.23. The highest BCUT2D eigenvalue weighted by molar-refractivity contribution is 5.75. The summed E-state index contributed by atoms with van der Waals surface area (Å²) in [5.74, 6) is -0.412. The minimum Gasteiger partial charge on any atom is -0.458 e. The van der Waals surface area contributed by atoms with Crippen molar-refractivity contribution in [2.45, 2.75) is 45.4 Å². The molecule has 78 valence electrons. The molecule has 4 nitrogen and oxygen atoms in total. The van der Waals surface area contributed by atoms with E-state index in [9.17, 15) is 4.79 Å². The van der Waals surface area contributed by atoms with Crippen LogP contribution in [0.3, 0.4) is 0 Å². The van der Waals surface area contributed by atoms with E-state index in [0.29, 0.717) is 0 Å². The van der Waals surface area contributed by atoms with Crippen molar-refractivity contribution in [3.05, 3.63) is 0 Å². The highest BCUT2D eigenvalue weighted by atomic mass is 16.6. The molecule has 0 spiro atoms. The summed E-state index contributed by atoms with van der Waals surface area (Å²) in [7, 11) is 1.44. The Kier molecular flexibility index (Phi) is 4.36. The molecular weight excluding hydrogens is 170 g/mol. The van der Waals surface area contributed by atoms with Crippen LogP contribution in [0.4, 0.5) is 0 Å². The first-order valence-electron chi connectivity index (χ1n) is 4.29. The first-order valence-corrected chi connectivity index (χ1v) is 4.29. The Labute approximate surface area is 79.4 Å². The highest BCUT2D eigenvalue weighted by Gasteiger charge is 2.27. The molecule has 0 heterocycles. The molecule has 2 atom stereocenters. The number of esters is 1. The van der Waals surface area contributed by atoms with Crippen LogP contribution in [0.5, 0.6) is 0 Å². The Hall–Kier alpha value is -0.610. The van der Waals surface area contributed by atoms with Crippen molar-refractivity contribution in [1.82, 2.24) is 0 Å². The van der Waals surface area contributed by atoms with Crippen LogP contribution < -0.4 is 5.73 Å². The first kappa shape index (κ1) is 12.4. The predicted molar refractivity (Wildman–Crippen MR) is 50.3 cm³/mol. The minimum atomic E-state index is -0.681. The lowest BCUT2D eigenvalue weighted by atomic mass is 10.1. The predicted octanol–water partition coefficient (Wildman–Crippen LogP) is 0.690. The largest absolute Gasteiger partial charge is 0.458 e. The summed E-state index contributed by atoms with van der Waals surface area (Å²) in [6.45, 7) is 7.12. The van der Waals surface area contributed by atoms with Crippen molar-refractivity contribution >= 4 is 5.97 Å². The molecule has 0 aliphatic heterocycles. The second kappa shape index (κ2) is 4.58. The maximum Gasteiger partial charge on any atom is 0.337 e. The van der Waals surface area contributed by atoms with Gasteiger partial charge in [-0.1, -0.05) is 0 Å². The smallest absolute Gasteiger partial charge is 0.337 e. The molecule has 0 aromatic carbocycles. The summed E-state index contributed by atoms with van der Waals surface area (Å²) in [6.07, 6.45) is -0.681. The number of hydrogen-bond acceptors (Lipinski definition) is 4. The van der Waals surface area contributed by atoms with E-state index in [0.717, 1.165) is 0 Å². The van der Waals surface area contributed by atoms with Gasteiger partial charge in [0, 0.05) is 13.2 Å². The zero-order chi connectivity index (χ0) is 10.6. The van der Waals surface area contributed by atoms with Crippen LogP contribution >= 0.6 is 0 Å². The van der Waals surface area contributed by atoms with E-state index in [4.69, 9.17) is 15.2 Å². The SMILES string of the molecule is COC(C(=O)OC(C)(C)C)C(C)N. The number of hydrogen-bond donors (Lipinski definition) is 1. The van der Waals surface area contributed by atoms with Gasteiger partial charge in [-0.25, -0.2) is 4.79 Å². The molecule has 0 rings (SSSR count). The molecule has 0 aromatic rings. The summed E-state index contributed by atoms with van der Waals surface area (Å²) in [4.78, 5) is 11.4. The van der Waals surface area contributed by atoms with E-state index in [1.54, 1.807) is 27.7 Å². The number of carbonyl (C=O) groups is 1. The summed E-state index contributed by atoms with van der Waals surface area (Å²) < 4.78 is 10.0. The van der Waals surface area contributed by atoms with E-state index in [1.807, 2.05) is 0 Å². The van der Waals surface area contributed by atoms with Crippen LogP contribution in [0.2, 0.25) is 0 Å². The molecule has 0 aromatic heterocycles. The van der Waals surface area contributed by atoms with Crippen LogP contribution in [0.1, 0.15) is 27.7 Å². The third-order valence-electron chi connectivity index (χ3n) is 1.37. The first-order chi connectivity index (χ1) is 5.78. The average Bonchev–Trinajstić information content (AvgIpc) is 1.82. The monoisotopic (exact) mass is 189 g/mol. The van der Waals surface area contributed by atoms with Crippen LogP contribution in [0, 0.1) is 0 Å². The van der Waals surface area contributed by atoms with Gasteiger partial charge in [0.2, 0.25) is 0 Å². The fourth-order valence-electron chi connectivity index (χ4n) is 0.885. The maximum atomic E-state index is 11.4. The molecule has 0 aliphatic rings. The van der Waals surface area contributed by atoms with Crippen LogP contribution in [-0.4, -0.2) is 30.8 Å². The Bertz CT molecular complexity index is 172. The number of ether oxygens (including phenoxy) is 2. The molecule has 0 radical (unpaired) electrons. The van der Waals surface area contributed by atoms with E-state index < -0.39 is 17.7 Å². The van der Waals surface area contributed by atoms with Crippen molar-refractivity contribution in [2.24, 2.45) is 5.73 Å². The van der Waals surface area contributed by atoms with Gasteiger partial charge < -0.3 is 15.2 Å². The van der Waals surface area contributed by atoms with Gasteiger partial charge in [0.1, 0.15) is 5.60 Å². The topological polar surface area (TPSA) is 61.5 Å². The van der Waals surface area contributed by atoms with Gasteiger partial charge in [0.25, 0.3) is 0 Å². The van der Waals surface area contributed by atoms with Gasteiger partial charge in [-0.2, -0.15) is 0 Å². The standard InChI is InChI=1S/C9H19NO3/c1-6(10)7(12-5)8(11)13-9(2,3)4/h6-7H,10H2,1-5H3. The molecule has 2 N–H and O–H groups in total. The molecule has 13 heavy (non-hydrogen) atoms. The molecule has 0 bridgehead atoms. The zero-order valence-corrected chi connectivity index (χ0v) is 8.96. The Morgan fingerprint density at radius 3 is 2.08 bits per heavy atom. The number of nitrogens with two attached hydrogens (primary N) is 1. The third-order valence-corrected chi connectivity index (χ3v) is 1.37. The quantitative estimate of drug-likeness (QED) is 0.663. The fraction of sp³-hybridized carbons (Fsp3) is 0.889. The van der Waals surface area contributed by atoms with Gasteiger partial charge in [-0.3, -0.25) is 0 Å². The van der Waals surface area contributed by atoms with Crippen LogP contribution in [0.15, 0.2) is 0 Å². The van der Waals surface area contributed by atoms with Gasteiger partial charge in [0.05, 0.1) is 0 Å². The van der Waals surface area contributed by atoms with E-state index in [-0.39, 0.29) is 6.04 Å². The third kappa shape index (κ3) is 4.85. The highest BCUT2D eigenvalue weighted by Crippen LogP contribution is 2.10. The summed E-state index contributed by atoms with van der Waals surface area (Å²) >= 11 is 0. The fourth-order valence-corrected chi connectivity index (χ4v) is 0.885. The van der Waals surface area contributed by atoms with Gasteiger partial charge in [-0.05, 0) is 27.7 Å². The van der Waals surface area contributed by atoms with Gasteiger partial charge in [-0.15, -0.1) is 0 Å². The van der Waals surface area contributed by atoms with Crippen molar-refractivity contribution in [3.8, 4) is 0 Å². The lowest BCUT2D eigenvalue weighted by molar-refractivity contribution is -0.167. The number of methoxy groups -OCH3 is 1. The van der Waals surface area contributed by atoms with E-state index in [1.165, 1.54) is 7.11 Å². The summed E-state index contributed by atoms with van der Waals surface area (Å²) in [5, 5.41) is 0. The average molecular weight is 189 g/mol. The molecule has 2 unspecified atom stereocenters. The second-order valence-corrected chi connectivity index (χ2v) is 4.05. The molecule has 4 heteroatoms. The van der Waals surface area contributed by atoms with Crippen LogP contribution in [-0.2, 0) is 14.3 Å². The zero-order valence-electron chi connectivity index (χ0n) is 8.96. The maximum absolute atomic E-state index is 11.4. The number of carbonyl (C=O) groups excluding carboxylic acids is 1. The van der Waals surface area contributed by atoms with Crippen LogP contribution in [0.25, 0.3) is 0 Å². The molecule has 0 saturated heterocycles. The lowest BCUT2D eigenvalue weighted by Crippen LogP contribution is -2.43. The van der Waals surface area contributed by atoms with E-state index in [2.05, 4.69) is 0 Å². The number of rotatable bonds is 3. The Morgan fingerprint density at radius 1 is 1.38 bits per heavy atom. The molecule has 0 aliphatic carbocycles. The minimum absolute atomic E-state index is 0.361.